The number of hydrogen-bond acceptors (Lipinski definition) is 3. The van der Waals surface area contributed by atoms with Gasteiger partial charge in [-0.3, -0.25) is 0 Å². The maximum atomic E-state index is 11.6. The molecule has 0 aliphatic carbocycles. The highest BCUT2D eigenvalue weighted by Gasteiger charge is 2.25. The van der Waals surface area contributed by atoms with Gasteiger partial charge in [-0.15, -0.1) is 0 Å². The van der Waals surface area contributed by atoms with Gasteiger partial charge in [-0.2, -0.15) is 0 Å². The predicted octanol–water partition coefficient (Wildman–Crippen LogP) is 0.798. The van der Waals surface area contributed by atoms with Crippen molar-refractivity contribution in [1.82, 2.24) is 9.62 Å². The Bertz CT molecular complexity index is 290. The van der Waals surface area contributed by atoms with Gasteiger partial charge in [-0.25, -0.2) is 13.1 Å². The molecule has 5 heteroatoms. The van der Waals surface area contributed by atoms with Crippen LogP contribution in [0.5, 0.6) is 0 Å². The summed E-state index contributed by atoms with van der Waals surface area (Å²) < 4.78 is 25.9. The summed E-state index contributed by atoms with van der Waals surface area (Å²) in [7, 11) is -0.956. The van der Waals surface area contributed by atoms with E-state index >= 15 is 0 Å². The van der Waals surface area contributed by atoms with Gasteiger partial charge in [-0.1, -0.05) is 6.92 Å². The number of likely N-dealkylation sites (tertiary alicyclic amines) is 1. The largest absolute Gasteiger partial charge is 0.304 e. The second kappa shape index (κ2) is 5.27. The molecular weight excluding hydrogens is 212 g/mol. The van der Waals surface area contributed by atoms with E-state index in [4.69, 9.17) is 0 Å². The highest BCUT2D eigenvalue weighted by molar-refractivity contribution is 7.89. The smallest absolute Gasteiger partial charge is 0.211 e. The zero-order chi connectivity index (χ0) is 11.5. The first-order chi connectivity index (χ1) is 6.94. The molecule has 1 fully saturated rings. The van der Waals surface area contributed by atoms with Crippen molar-refractivity contribution in [1.29, 1.82) is 0 Å². The molecular formula is C10H22N2O2S. The maximum Gasteiger partial charge on any atom is 0.211 e. The van der Waals surface area contributed by atoms with E-state index in [2.05, 4.69) is 23.6 Å². The second-order valence-electron chi connectivity index (χ2n) is 4.49. The molecule has 1 N–H and O–H groups in total. The first kappa shape index (κ1) is 12.9. The molecule has 0 aromatic carbocycles. The van der Waals surface area contributed by atoms with Crippen LogP contribution in [0.3, 0.4) is 0 Å². The van der Waals surface area contributed by atoms with Crippen LogP contribution in [0.4, 0.5) is 0 Å². The average Bonchev–Trinajstić information content (AvgIpc) is 2.10. The summed E-state index contributed by atoms with van der Waals surface area (Å²) in [4.78, 5) is 2.27. The number of sulfonamides is 1. The minimum absolute atomic E-state index is 0.132. The predicted molar refractivity (Wildman–Crippen MR) is 62.3 cm³/mol. The van der Waals surface area contributed by atoms with Crippen LogP contribution in [0.1, 0.15) is 33.1 Å². The van der Waals surface area contributed by atoms with Crippen LogP contribution < -0.4 is 4.72 Å². The molecule has 1 heterocycles. The lowest BCUT2D eigenvalue weighted by molar-refractivity contribution is 0.178. The summed E-state index contributed by atoms with van der Waals surface area (Å²) in [6.45, 7) is 5.00. The van der Waals surface area contributed by atoms with Gasteiger partial charge in [-0.05, 0) is 39.8 Å². The van der Waals surface area contributed by atoms with E-state index in [1.165, 1.54) is 0 Å². The van der Waals surface area contributed by atoms with E-state index < -0.39 is 10.0 Å². The molecule has 1 aliphatic heterocycles. The van der Waals surface area contributed by atoms with Gasteiger partial charge in [0.05, 0.1) is 5.75 Å². The van der Waals surface area contributed by atoms with Crippen LogP contribution in [0.25, 0.3) is 0 Å². The van der Waals surface area contributed by atoms with Crippen molar-refractivity contribution in [2.45, 2.75) is 45.2 Å². The van der Waals surface area contributed by atoms with Crippen LogP contribution in [0.2, 0.25) is 0 Å². The molecule has 1 saturated heterocycles. The Hall–Kier alpha value is -0.130. The molecule has 2 atom stereocenters. The first-order valence-electron chi connectivity index (χ1n) is 5.65. The molecule has 1 rings (SSSR count). The fraction of sp³-hybridized carbons (Fsp3) is 1.00. The van der Waals surface area contributed by atoms with Crippen LogP contribution in [-0.4, -0.2) is 44.7 Å². The van der Waals surface area contributed by atoms with Gasteiger partial charge in [0, 0.05) is 12.1 Å². The molecule has 0 radical (unpaired) electrons. The summed E-state index contributed by atoms with van der Waals surface area (Å²) in [5.74, 6) is 0.244. The lowest BCUT2D eigenvalue weighted by Gasteiger charge is -2.35. The monoisotopic (exact) mass is 234 g/mol. The topological polar surface area (TPSA) is 49.4 Å². The van der Waals surface area contributed by atoms with Gasteiger partial charge in [0.2, 0.25) is 10.0 Å². The van der Waals surface area contributed by atoms with Gasteiger partial charge in [0.15, 0.2) is 0 Å². The Morgan fingerprint density at radius 1 is 1.47 bits per heavy atom. The van der Waals surface area contributed by atoms with E-state index in [1.807, 2.05) is 6.92 Å². The third-order valence-corrected chi connectivity index (χ3v) is 4.67. The Balaban J connectivity index is 2.46. The number of nitrogens with one attached hydrogen (secondary N) is 1. The van der Waals surface area contributed by atoms with Crippen molar-refractivity contribution in [3.63, 3.8) is 0 Å². The summed E-state index contributed by atoms with van der Waals surface area (Å²) in [5.41, 5.74) is 0. The van der Waals surface area contributed by atoms with Gasteiger partial charge < -0.3 is 4.90 Å². The lowest BCUT2D eigenvalue weighted by atomic mass is 10.0. The molecule has 4 nitrogen and oxygen atoms in total. The standard InChI is InChI=1S/C10H22N2O2S/c1-4-7-15(13,14)11-10-5-6-12(3)9(2)8-10/h9-11H,4-8H2,1-3H3. The number of rotatable bonds is 4. The molecule has 0 aromatic rings. The Labute approximate surface area is 93.1 Å². The molecule has 2 unspecified atom stereocenters. The summed E-state index contributed by atoms with van der Waals surface area (Å²) in [6.07, 6.45) is 2.51. The van der Waals surface area contributed by atoms with Crippen LogP contribution in [-0.2, 0) is 10.0 Å². The van der Waals surface area contributed by atoms with Crippen molar-refractivity contribution in [2.24, 2.45) is 0 Å². The van der Waals surface area contributed by atoms with Crippen molar-refractivity contribution in [3.8, 4) is 0 Å². The van der Waals surface area contributed by atoms with Crippen molar-refractivity contribution < 1.29 is 8.42 Å². The normalized spacial score (nSPS) is 29.3. The number of piperidine rings is 1. The van der Waals surface area contributed by atoms with Crippen LogP contribution >= 0.6 is 0 Å². The Kier molecular flexibility index (Phi) is 4.55. The minimum Gasteiger partial charge on any atom is -0.304 e. The highest BCUT2D eigenvalue weighted by Crippen LogP contribution is 2.16. The molecule has 0 amide bonds. The fourth-order valence-corrected chi connectivity index (χ4v) is 3.36. The fourth-order valence-electron chi connectivity index (χ4n) is 1.98. The van der Waals surface area contributed by atoms with Crippen molar-refractivity contribution in [3.05, 3.63) is 0 Å². The zero-order valence-electron chi connectivity index (χ0n) is 9.86. The number of nitrogens with zero attached hydrogens (tertiary/aromatic N) is 1. The Morgan fingerprint density at radius 2 is 2.13 bits per heavy atom. The third-order valence-electron chi connectivity index (χ3n) is 3.03. The molecule has 0 saturated carbocycles. The average molecular weight is 234 g/mol. The van der Waals surface area contributed by atoms with Crippen LogP contribution in [0.15, 0.2) is 0 Å². The second-order valence-corrected chi connectivity index (χ2v) is 6.36. The number of hydrogen-bond donors (Lipinski definition) is 1. The molecule has 1 aliphatic rings. The van der Waals surface area contributed by atoms with Crippen molar-refractivity contribution in [2.75, 3.05) is 19.3 Å². The first-order valence-corrected chi connectivity index (χ1v) is 7.30. The molecule has 0 spiro atoms. The van der Waals surface area contributed by atoms with E-state index in [0.717, 1.165) is 19.4 Å². The van der Waals surface area contributed by atoms with Gasteiger partial charge >= 0.3 is 0 Å². The summed E-state index contributed by atoms with van der Waals surface area (Å²) >= 11 is 0. The van der Waals surface area contributed by atoms with Gasteiger partial charge in [0.1, 0.15) is 0 Å². The minimum atomic E-state index is -3.04. The van der Waals surface area contributed by atoms with Crippen LogP contribution in [0, 0.1) is 0 Å². The quantitative estimate of drug-likeness (QED) is 0.783. The summed E-state index contributed by atoms with van der Waals surface area (Å²) in [6, 6.07) is 0.598. The zero-order valence-corrected chi connectivity index (χ0v) is 10.7. The van der Waals surface area contributed by atoms with Gasteiger partial charge in [0.25, 0.3) is 0 Å². The maximum absolute atomic E-state index is 11.6. The van der Waals surface area contributed by atoms with E-state index in [1.54, 1.807) is 0 Å². The Morgan fingerprint density at radius 3 is 2.67 bits per heavy atom. The van der Waals surface area contributed by atoms with Crippen molar-refractivity contribution >= 4 is 10.0 Å². The van der Waals surface area contributed by atoms with E-state index in [-0.39, 0.29) is 11.8 Å². The molecule has 0 aromatic heterocycles. The molecule has 90 valence electrons. The highest BCUT2D eigenvalue weighted by atomic mass is 32.2. The lowest BCUT2D eigenvalue weighted by Crippen LogP contribution is -2.47. The third kappa shape index (κ3) is 4.09. The van der Waals surface area contributed by atoms with E-state index in [9.17, 15) is 8.42 Å². The summed E-state index contributed by atoms with van der Waals surface area (Å²) in [5, 5.41) is 0. The van der Waals surface area contributed by atoms with E-state index in [0.29, 0.717) is 12.5 Å². The molecule has 15 heavy (non-hydrogen) atoms. The molecule has 0 bridgehead atoms. The SMILES string of the molecule is CCCS(=O)(=O)NC1CCN(C)C(C)C1.